The van der Waals surface area contributed by atoms with Crippen LogP contribution in [0.15, 0.2) is 70.5 Å². The van der Waals surface area contributed by atoms with Gasteiger partial charge in [0.05, 0.1) is 12.8 Å². The Hall–Kier alpha value is -3.68. The summed E-state index contributed by atoms with van der Waals surface area (Å²) in [6.45, 7) is -0.337. The summed E-state index contributed by atoms with van der Waals surface area (Å²) in [5.74, 6) is -0.460. The normalized spacial score (nSPS) is 10.4. The summed E-state index contributed by atoms with van der Waals surface area (Å²) in [6.07, 6.45) is 2.68. The summed E-state index contributed by atoms with van der Waals surface area (Å²) >= 11 is 0. The minimum atomic E-state index is -0.864. The number of carbonyl (C=O) groups excluding carboxylic acids is 1. The highest BCUT2D eigenvalue weighted by Gasteiger charge is 2.12. The van der Waals surface area contributed by atoms with Crippen LogP contribution in [0, 0.1) is 5.82 Å². The molecule has 0 aliphatic carbocycles. The molecule has 0 bridgehead atoms. The maximum absolute atomic E-state index is 13.0. The molecule has 3 aromatic rings. The predicted molar refractivity (Wildman–Crippen MR) is 97.9 cm³/mol. The van der Waals surface area contributed by atoms with Crippen LogP contribution in [0.25, 0.3) is 5.69 Å². The number of nitrogens with zero attached hydrogens (tertiary/aromatic N) is 2. The van der Waals surface area contributed by atoms with E-state index in [1.807, 2.05) is 0 Å². The molecule has 3 rings (SSSR count). The third kappa shape index (κ3) is 3.95. The van der Waals surface area contributed by atoms with E-state index in [4.69, 9.17) is 4.74 Å². The second-order valence-corrected chi connectivity index (χ2v) is 5.63. The molecule has 0 atom stereocenters. The molecular formula is C19H16FN3O4. The Kier molecular flexibility index (Phi) is 5.16. The van der Waals surface area contributed by atoms with Crippen molar-refractivity contribution in [3.63, 3.8) is 0 Å². The molecule has 0 saturated carbocycles. The number of rotatable bonds is 5. The lowest BCUT2D eigenvalue weighted by Crippen LogP contribution is -2.41. The summed E-state index contributed by atoms with van der Waals surface area (Å²) < 4.78 is 20.3. The van der Waals surface area contributed by atoms with Crippen molar-refractivity contribution >= 4 is 11.6 Å². The van der Waals surface area contributed by atoms with Crippen molar-refractivity contribution in [1.82, 2.24) is 9.13 Å². The zero-order chi connectivity index (χ0) is 19.4. The highest BCUT2D eigenvalue weighted by molar-refractivity contribution is 5.92. The van der Waals surface area contributed by atoms with E-state index in [-0.39, 0.29) is 6.54 Å². The van der Waals surface area contributed by atoms with Crippen LogP contribution in [0.5, 0.6) is 5.75 Å². The van der Waals surface area contributed by atoms with Crippen LogP contribution in [0.3, 0.4) is 0 Å². The van der Waals surface area contributed by atoms with E-state index in [0.29, 0.717) is 17.1 Å². The second-order valence-electron chi connectivity index (χ2n) is 5.63. The first kappa shape index (κ1) is 18.1. The van der Waals surface area contributed by atoms with Gasteiger partial charge in [0.15, 0.2) is 0 Å². The maximum atomic E-state index is 13.0. The summed E-state index contributed by atoms with van der Waals surface area (Å²) in [5.41, 5.74) is -0.895. The first-order valence-corrected chi connectivity index (χ1v) is 8.00. The summed E-state index contributed by atoms with van der Waals surface area (Å²) in [7, 11) is 1.48. The molecule has 0 saturated heterocycles. The fraction of sp³-hybridized carbons (Fsp3) is 0.105. The van der Waals surface area contributed by atoms with Gasteiger partial charge in [-0.3, -0.25) is 23.5 Å². The maximum Gasteiger partial charge on any atom is 0.320 e. The van der Waals surface area contributed by atoms with Crippen LogP contribution in [0.1, 0.15) is 0 Å². The molecule has 1 aromatic heterocycles. The van der Waals surface area contributed by atoms with E-state index in [2.05, 4.69) is 5.32 Å². The third-order valence-electron chi connectivity index (χ3n) is 3.86. The molecule has 0 unspecified atom stereocenters. The Balaban J connectivity index is 1.83. The van der Waals surface area contributed by atoms with Crippen molar-refractivity contribution in [1.29, 1.82) is 0 Å². The van der Waals surface area contributed by atoms with Crippen molar-refractivity contribution in [3.8, 4) is 11.4 Å². The molecule has 138 valence electrons. The number of nitrogens with one attached hydrogen (secondary N) is 1. The van der Waals surface area contributed by atoms with Gasteiger partial charge in [0.1, 0.15) is 18.1 Å². The van der Waals surface area contributed by atoms with E-state index in [0.717, 1.165) is 9.13 Å². The topological polar surface area (TPSA) is 82.3 Å². The predicted octanol–water partition coefficient (Wildman–Crippen LogP) is 1.79. The van der Waals surface area contributed by atoms with Gasteiger partial charge in [0.25, 0.3) is 0 Å². The number of anilines is 1. The number of hydrogen-bond acceptors (Lipinski definition) is 4. The first-order valence-electron chi connectivity index (χ1n) is 8.00. The molecule has 8 heteroatoms. The molecule has 1 N–H and O–H groups in total. The molecule has 0 spiro atoms. The van der Waals surface area contributed by atoms with Gasteiger partial charge in [-0.2, -0.15) is 0 Å². The highest BCUT2D eigenvalue weighted by atomic mass is 19.1. The lowest BCUT2D eigenvalue weighted by Gasteiger charge is -2.11. The number of ether oxygens (including phenoxy) is 1. The van der Waals surface area contributed by atoms with Crippen LogP contribution in [-0.4, -0.2) is 22.2 Å². The van der Waals surface area contributed by atoms with Gasteiger partial charge < -0.3 is 10.1 Å². The molecule has 2 aromatic carbocycles. The summed E-state index contributed by atoms with van der Waals surface area (Å²) in [6, 6.07) is 12.0. The minimum absolute atomic E-state index is 0.337. The number of benzene rings is 2. The van der Waals surface area contributed by atoms with Gasteiger partial charge >= 0.3 is 11.1 Å². The molecule has 7 nitrogen and oxygen atoms in total. The number of para-hydroxylation sites is 2. The van der Waals surface area contributed by atoms with E-state index >= 15 is 0 Å². The molecule has 1 amide bonds. The van der Waals surface area contributed by atoms with Crippen LogP contribution < -0.4 is 21.2 Å². The Bertz CT molecular complexity index is 1090. The smallest absolute Gasteiger partial charge is 0.320 e. The van der Waals surface area contributed by atoms with Gasteiger partial charge in [-0.25, -0.2) is 4.39 Å². The lowest BCUT2D eigenvalue weighted by molar-refractivity contribution is -0.116. The Morgan fingerprint density at radius 3 is 2.44 bits per heavy atom. The first-order chi connectivity index (χ1) is 13.0. The van der Waals surface area contributed by atoms with Crippen LogP contribution in [0.2, 0.25) is 0 Å². The number of aromatic nitrogens is 2. The summed E-state index contributed by atoms with van der Waals surface area (Å²) in [5, 5.41) is 2.63. The SMILES string of the molecule is COc1ccccc1NC(=O)Cn1ccn(-c2ccc(F)cc2)c(=O)c1=O. The van der Waals surface area contributed by atoms with Crippen molar-refractivity contribution in [2.24, 2.45) is 0 Å². The quantitative estimate of drug-likeness (QED) is 0.695. The van der Waals surface area contributed by atoms with Crippen molar-refractivity contribution in [3.05, 3.63) is 87.4 Å². The van der Waals surface area contributed by atoms with Gasteiger partial charge in [-0.1, -0.05) is 12.1 Å². The largest absolute Gasteiger partial charge is 0.495 e. The van der Waals surface area contributed by atoms with E-state index in [1.165, 1.54) is 43.8 Å². The zero-order valence-corrected chi connectivity index (χ0v) is 14.4. The Morgan fingerprint density at radius 1 is 1.04 bits per heavy atom. The van der Waals surface area contributed by atoms with Crippen molar-refractivity contribution in [2.75, 3.05) is 12.4 Å². The summed E-state index contributed by atoms with van der Waals surface area (Å²) in [4.78, 5) is 36.8. The molecule has 0 radical (unpaired) electrons. The molecular weight excluding hydrogens is 353 g/mol. The second kappa shape index (κ2) is 7.69. The molecule has 0 aliphatic rings. The minimum Gasteiger partial charge on any atom is -0.495 e. The number of carbonyl (C=O) groups is 1. The molecule has 0 fully saturated rings. The molecule has 27 heavy (non-hydrogen) atoms. The Labute approximate surface area is 153 Å². The average molecular weight is 369 g/mol. The van der Waals surface area contributed by atoms with Crippen LogP contribution >= 0.6 is 0 Å². The Morgan fingerprint density at radius 2 is 1.74 bits per heavy atom. The van der Waals surface area contributed by atoms with Crippen LogP contribution in [0.4, 0.5) is 10.1 Å². The van der Waals surface area contributed by atoms with Crippen LogP contribution in [-0.2, 0) is 11.3 Å². The van der Waals surface area contributed by atoms with E-state index in [1.54, 1.807) is 24.3 Å². The molecule has 1 heterocycles. The van der Waals surface area contributed by atoms with E-state index < -0.39 is 22.8 Å². The number of methoxy groups -OCH3 is 1. The van der Waals surface area contributed by atoms with Gasteiger partial charge in [-0.05, 0) is 36.4 Å². The zero-order valence-electron chi connectivity index (χ0n) is 14.4. The highest BCUT2D eigenvalue weighted by Crippen LogP contribution is 2.22. The lowest BCUT2D eigenvalue weighted by atomic mass is 10.3. The average Bonchev–Trinajstić information content (AvgIpc) is 2.67. The fourth-order valence-corrected chi connectivity index (χ4v) is 2.53. The third-order valence-corrected chi connectivity index (χ3v) is 3.86. The van der Waals surface area contributed by atoms with Crippen molar-refractivity contribution < 1.29 is 13.9 Å². The van der Waals surface area contributed by atoms with E-state index in [9.17, 15) is 18.8 Å². The monoisotopic (exact) mass is 369 g/mol. The van der Waals surface area contributed by atoms with Gasteiger partial charge in [0, 0.05) is 18.1 Å². The number of hydrogen-bond donors (Lipinski definition) is 1. The fourth-order valence-electron chi connectivity index (χ4n) is 2.53. The molecule has 0 aliphatic heterocycles. The number of amides is 1. The number of halogens is 1. The standard InChI is InChI=1S/C19H16FN3O4/c1-27-16-5-3-2-4-15(16)21-17(24)12-22-10-11-23(19(26)18(22)25)14-8-6-13(20)7-9-14/h2-11H,12H2,1H3,(H,21,24). The van der Waals surface area contributed by atoms with Gasteiger partial charge in [-0.15, -0.1) is 0 Å². The van der Waals surface area contributed by atoms with Gasteiger partial charge in [0.2, 0.25) is 5.91 Å². The van der Waals surface area contributed by atoms with Crippen molar-refractivity contribution in [2.45, 2.75) is 6.54 Å².